The van der Waals surface area contributed by atoms with E-state index < -0.39 is 0 Å². The number of hydrogen-bond donors (Lipinski definition) is 1. The number of rotatable bonds is 5. The van der Waals surface area contributed by atoms with Gasteiger partial charge in [-0.3, -0.25) is 0 Å². The molecule has 0 aliphatic rings. The van der Waals surface area contributed by atoms with Gasteiger partial charge in [-0.2, -0.15) is 0 Å². The molecule has 1 atom stereocenters. The Bertz CT molecular complexity index is 553. The fourth-order valence-corrected chi connectivity index (χ4v) is 3.86. The van der Waals surface area contributed by atoms with E-state index in [0.29, 0.717) is 6.04 Å². The van der Waals surface area contributed by atoms with Crippen molar-refractivity contribution in [3.05, 3.63) is 45.5 Å². The van der Waals surface area contributed by atoms with Crippen molar-refractivity contribution in [1.29, 1.82) is 0 Å². The SMILES string of the molecule is CCCC(NC)c1ccc(-c2cc(F)ccc2Br)s1. The van der Waals surface area contributed by atoms with Crippen molar-refractivity contribution in [3.63, 3.8) is 0 Å². The van der Waals surface area contributed by atoms with Gasteiger partial charge in [-0.05, 0) is 43.8 Å². The maximum absolute atomic E-state index is 13.4. The van der Waals surface area contributed by atoms with E-state index in [1.807, 2.05) is 7.05 Å². The highest BCUT2D eigenvalue weighted by atomic mass is 79.9. The molecule has 2 rings (SSSR count). The van der Waals surface area contributed by atoms with E-state index in [9.17, 15) is 4.39 Å². The van der Waals surface area contributed by atoms with Crippen LogP contribution in [0.4, 0.5) is 4.39 Å². The Morgan fingerprint density at radius 3 is 2.79 bits per heavy atom. The van der Waals surface area contributed by atoms with Crippen molar-refractivity contribution < 1.29 is 4.39 Å². The summed E-state index contributed by atoms with van der Waals surface area (Å²) < 4.78 is 14.3. The maximum Gasteiger partial charge on any atom is 0.123 e. The maximum atomic E-state index is 13.4. The highest BCUT2D eigenvalue weighted by Gasteiger charge is 2.13. The second-order valence-corrected chi connectivity index (χ2v) is 6.43. The molecule has 0 radical (unpaired) electrons. The normalized spacial score (nSPS) is 12.6. The van der Waals surface area contributed by atoms with Crippen LogP contribution in [0.3, 0.4) is 0 Å². The molecule has 0 fully saturated rings. The van der Waals surface area contributed by atoms with Crippen molar-refractivity contribution in [3.8, 4) is 10.4 Å². The highest BCUT2D eigenvalue weighted by Crippen LogP contribution is 2.36. The average Bonchev–Trinajstić information content (AvgIpc) is 2.88. The Balaban J connectivity index is 2.32. The smallest absolute Gasteiger partial charge is 0.123 e. The van der Waals surface area contributed by atoms with Crippen LogP contribution in [0, 0.1) is 5.82 Å². The molecule has 0 spiro atoms. The van der Waals surface area contributed by atoms with E-state index in [2.05, 4.69) is 40.3 Å². The lowest BCUT2D eigenvalue weighted by molar-refractivity contribution is 0.550. The summed E-state index contributed by atoms with van der Waals surface area (Å²) in [6.07, 6.45) is 2.25. The molecule has 19 heavy (non-hydrogen) atoms. The number of nitrogens with one attached hydrogen (secondary N) is 1. The first-order valence-electron chi connectivity index (χ1n) is 6.38. The zero-order valence-corrected chi connectivity index (χ0v) is 13.4. The molecule has 4 heteroatoms. The zero-order chi connectivity index (χ0) is 13.8. The van der Waals surface area contributed by atoms with Gasteiger partial charge in [0.2, 0.25) is 0 Å². The summed E-state index contributed by atoms with van der Waals surface area (Å²) in [5.41, 5.74) is 0.919. The molecule has 1 aromatic carbocycles. The Hall–Kier alpha value is -0.710. The van der Waals surface area contributed by atoms with Crippen LogP contribution in [0.15, 0.2) is 34.8 Å². The molecule has 0 aliphatic carbocycles. The van der Waals surface area contributed by atoms with Crippen molar-refractivity contribution >= 4 is 27.3 Å². The Labute approximate surface area is 126 Å². The molecule has 0 saturated carbocycles. The molecular weight excluding hydrogens is 325 g/mol. The highest BCUT2D eigenvalue weighted by molar-refractivity contribution is 9.10. The monoisotopic (exact) mass is 341 g/mol. The Morgan fingerprint density at radius 2 is 2.11 bits per heavy atom. The lowest BCUT2D eigenvalue weighted by atomic mass is 10.1. The Kier molecular flexibility index (Phi) is 5.13. The predicted octanol–water partition coefficient (Wildman–Crippen LogP) is 5.38. The molecule has 1 unspecified atom stereocenters. The van der Waals surface area contributed by atoms with Crippen LogP contribution >= 0.6 is 27.3 Å². The molecule has 0 amide bonds. The molecule has 2 aromatic rings. The van der Waals surface area contributed by atoms with Crippen molar-refractivity contribution in [2.24, 2.45) is 0 Å². The first kappa shape index (κ1) is 14.7. The van der Waals surface area contributed by atoms with Crippen LogP contribution in [0.25, 0.3) is 10.4 Å². The predicted molar refractivity (Wildman–Crippen MR) is 84.1 cm³/mol. The van der Waals surface area contributed by atoms with Gasteiger partial charge >= 0.3 is 0 Å². The first-order valence-corrected chi connectivity index (χ1v) is 7.99. The summed E-state index contributed by atoms with van der Waals surface area (Å²) in [6, 6.07) is 9.39. The van der Waals surface area contributed by atoms with E-state index in [1.54, 1.807) is 23.5 Å². The lowest BCUT2D eigenvalue weighted by Gasteiger charge is -2.12. The third kappa shape index (κ3) is 3.44. The molecule has 1 nitrogen and oxygen atoms in total. The van der Waals surface area contributed by atoms with E-state index >= 15 is 0 Å². The summed E-state index contributed by atoms with van der Waals surface area (Å²) in [4.78, 5) is 2.40. The van der Waals surface area contributed by atoms with Crippen LogP contribution in [0.1, 0.15) is 30.7 Å². The van der Waals surface area contributed by atoms with E-state index in [1.165, 1.54) is 10.9 Å². The van der Waals surface area contributed by atoms with Crippen molar-refractivity contribution in [2.75, 3.05) is 7.05 Å². The summed E-state index contributed by atoms with van der Waals surface area (Å²) in [7, 11) is 1.98. The third-order valence-electron chi connectivity index (χ3n) is 3.09. The van der Waals surface area contributed by atoms with E-state index in [4.69, 9.17) is 0 Å². The Morgan fingerprint density at radius 1 is 1.32 bits per heavy atom. The van der Waals surface area contributed by atoms with Crippen molar-refractivity contribution in [1.82, 2.24) is 5.32 Å². The first-order chi connectivity index (χ1) is 9.15. The van der Waals surface area contributed by atoms with E-state index in [0.717, 1.165) is 27.8 Å². The fourth-order valence-electron chi connectivity index (χ4n) is 2.09. The van der Waals surface area contributed by atoms with Gasteiger partial charge in [-0.25, -0.2) is 4.39 Å². The van der Waals surface area contributed by atoms with Gasteiger partial charge in [-0.1, -0.05) is 29.3 Å². The van der Waals surface area contributed by atoms with Crippen LogP contribution in [0.2, 0.25) is 0 Å². The molecule has 1 N–H and O–H groups in total. The molecule has 0 aliphatic heterocycles. The summed E-state index contributed by atoms with van der Waals surface area (Å²) in [5.74, 6) is -0.202. The van der Waals surface area contributed by atoms with Crippen LogP contribution in [-0.2, 0) is 0 Å². The van der Waals surface area contributed by atoms with Gasteiger partial charge < -0.3 is 5.32 Å². The molecule has 102 valence electrons. The van der Waals surface area contributed by atoms with Crippen LogP contribution in [-0.4, -0.2) is 7.05 Å². The van der Waals surface area contributed by atoms with Gasteiger partial charge in [0.05, 0.1) is 0 Å². The lowest BCUT2D eigenvalue weighted by Crippen LogP contribution is -2.14. The second kappa shape index (κ2) is 6.64. The van der Waals surface area contributed by atoms with Gasteiger partial charge in [0.15, 0.2) is 0 Å². The quantitative estimate of drug-likeness (QED) is 0.769. The molecule has 0 bridgehead atoms. The van der Waals surface area contributed by atoms with Gasteiger partial charge in [-0.15, -0.1) is 11.3 Å². The number of benzene rings is 1. The minimum absolute atomic E-state index is 0.202. The van der Waals surface area contributed by atoms with Gasteiger partial charge in [0, 0.05) is 25.8 Å². The van der Waals surface area contributed by atoms with Crippen LogP contribution < -0.4 is 5.32 Å². The summed E-state index contributed by atoms with van der Waals surface area (Å²) >= 11 is 5.21. The zero-order valence-electron chi connectivity index (χ0n) is 11.0. The molecule has 0 saturated heterocycles. The summed E-state index contributed by atoms with van der Waals surface area (Å²) in [5, 5.41) is 3.33. The molecule has 1 aromatic heterocycles. The molecular formula is C15H17BrFNS. The van der Waals surface area contributed by atoms with E-state index in [-0.39, 0.29) is 5.82 Å². The number of halogens is 2. The standard InChI is InChI=1S/C15H17BrFNS/c1-3-4-13(18-2)15-8-7-14(19-15)11-9-10(17)5-6-12(11)16/h5-9,13,18H,3-4H2,1-2H3. The average molecular weight is 342 g/mol. The molecule has 1 heterocycles. The summed E-state index contributed by atoms with van der Waals surface area (Å²) in [6.45, 7) is 2.18. The topological polar surface area (TPSA) is 12.0 Å². The van der Waals surface area contributed by atoms with Gasteiger partial charge in [0.1, 0.15) is 5.82 Å². The van der Waals surface area contributed by atoms with Gasteiger partial charge in [0.25, 0.3) is 0 Å². The largest absolute Gasteiger partial charge is 0.312 e. The second-order valence-electron chi connectivity index (χ2n) is 4.46. The number of hydrogen-bond acceptors (Lipinski definition) is 2. The fraction of sp³-hybridized carbons (Fsp3) is 0.333. The van der Waals surface area contributed by atoms with Crippen molar-refractivity contribution in [2.45, 2.75) is 25.8 Å². The minimum Gasteiger partial charge on any atom is -0.312 e. The minimum atomic E-state index is -0.202. The number of thiophene rings is 1. The third-order valence-corrected chi connectivity index (χ3v) is 5.01. The van der Waals surface area contributed by atoms with Crippen LogP contribution in [0.5, 0.6) is 0 Å².